The van der Waals surface area contributed by atoms with Crippen LogP contribution >= 0.6 is 0 Å². The van der Waals surface area contributed by atoms with E-state index >= 15 is 0 Å². The Morgan fingerprint density at radius 2 is 1.00 bits per heavy atom. The second-order valence-electron chi connectivity index (χ2n) is 13.9. The van der Waals surface area contributed by atoms with Gasteiger partial charge in [-0.3, -0.25) is 9.59 Å². The Balaban J connectivity index is 2.26. The maximum atomic E-state index is 13.5. The third-order valence-corrected chi connectivity index (χ3v) is 9.96. The minimum Gasteiger partial charge on any atom is -0.452 e. The van der Waals surface area contributed by atoms with Gasteiger partial charge in [-0.05, 0) is 12.8 Å². The number of esters is 2. The van der Waals surface area contributed by atoms with Crippen molar-refractivity contribution in [2.45, 2.75) is 196 Å². The monoisotopic (exact) mass is 706 g/mol. The molecule has 0 aromatic carbocycles. The zero-order valence-electron chi connectivity index (χ0n) is 29.9. The lowest BCUT2D eigenvalue weighted by atomic mass is 9.77. The molecule has 9 unspecified atom stereocenters. The van der Waals surface area contributed by atoms with E-state index in [4.69, 9.17) is 18.9 Å². The van der Waals surface area contributed by atoms with Gasteiger partial charge in [-0.25, -0.2) is 0 Å². The molecule has 49 heavy (non-hydrogen) atoms. The van der Waals surface area contributed by atoms with Crippen molar-refractivity contribution in [2.24, 2.45) is 0 Å². The molecule has 2 rings (SSSR count). The summed E-state index contributed by atoms with van der Waals surface area (Å²) in [6, 6.07) is 0. The standard InChI is InChI=1S/C36H66O13/c1-3-5-7-9-11-13-15-17-19-21-28(40)46-34-32(44)30(42)26(23-37)48-36(34,35(25-39)33(45)31(43)27(24-38)47-35)49-29(41)22-20-18-16-14-12-10-8-6-4-2/h26-27,30-34,37-39,42-45H,3-25H2,1-2H3. The predicted octanol–water partition coefficient (Wildman–Crippen LogP) is 2.94. The third-order valence-electron chi connectivity index (χ3n) is 9.96. The van der Waals surface area contributed by atoms with Crippen molar-refractivity contribution in [3.05, 3.63) is 0 Å². The second-order valence-corrected chi connectivity index (χ2v) is 13.9. The maximum absolute atomic E-state index is 13.5. The fraction of sp³-hybridized carbons (Fsp3) is 0.944. The third kappa shape index (κ3) is 12.1. The van der Waals surface area contributed by atoms with Crippen LogP contribution in [0.2, 0.25) is 0 Å². The molecule has 2 heterocycles. The molecule has 13 heteroatoms. The van der Waals surface area contributed by atoms with Gasteiger partial charge in [0.1, 0.15) is 36.6 Å². The average Bonchev–Trinajstić information content (AvgIpc) is 3.36. The Morgan fingerprint density at radius 3 is 1.43 bits per heavy atom. The number of carbonyl (C=O) groups is 2. The van der Waals surface area contributed by atoms with Crippen LogP contribution < -0.4 is 0 Å². The summed E-state index contributed by atoms with van der Waals surface area (Å²) >= 11 is 0. The van der Waals surface area contributed by atoms with Crippen LogP contribution in [-0.4, -0.2) is 122 Å². The normalized spacial score (nSPS) is 31.6. The Kier molecular flexibility index (Phi) is 20.7. The molecule has 9 atom stereocenters. The van der Waals surface area contributed by atoms with Crippen LogP contribution in [0.5, 0.6) is 0 Å². The van der Waals surface area contributed by atoms with Crippen LogP contribution in [0.15, 0.2) is 0 Å². The lowest BCUT2D eigenvalue weighted by molar-refractivity contribution is -0.415. The van der Waals surface area contributed by atoms with E-state index in [-0.39, 0.29) is 12.8 Å². The summed E-state index contributed by atoms with van der Waals surface area (Å²) in [6.45, 7) is 1.41. The molecule has 0 saturated carbocycles. The fourth-order valence-electron chi connectivity index (χ4n) is 6.93. The highest BCUT2D eigenvalue weighted by atomic mass is 16.8. The predicted molar refractivity (Wildman–Crippen MR) is 180 cm³/mol. The van der Waals surface area contributed by atoms with Crippen molar-refractivity contribution < 1.29 is 64.3 Å². The van der Waals surface area contributed by atoms with Crippen molar-refractivity contribution in [3.8, 4) is 0 Å². The molecule has 0 spiro atoms. The number of carbonyl (C=O) groups excluding carboxylic acids is 2. The van der Waals surface area contributed by atoms with Gasteiger partial charge in [-0.2, -0.15) is 0 Å². The summed E-state index contributed by atoms with van der Waals surface area (Å²) in [4.78, 5) is 26.7. The van der Waals surface area contributed by atoms with Crippen LogP contribution in [0.4, 0.5) is 0 Å². The molecule has 0 aromatic rings. The number of aliphatic hydroxyl groups excluding tert-OH is 7. The summed E-state index contributed by atoms with van der Waals surface area (Å²) in [5, 5.41) is 74.9. The minimum absolute atomic E-state index is 0.0848. The summed E-state index contributed by atoms with van der Waals surface area (Å²) < 4.78 is 23.3. The summed E-state index contributed by atoms with van der Waals surface area (Å²) in [5.41, 5.74) is -2.61. The minimum atomic E-state index is -2.84. The van der Waals surface area contributed by atoms with Gasteiger partial charge in [0, 0.05) is 12.8 Å². The van der Waals surface area contributed by atoms with Crippen LogP contribution in [0.3, 0.4) is 0 Å². The first-order valence-electron chi connectivity index (χ1n) is 18.9. The van der Waals surface area contributed by atoms with Crippen molar-refractivity contribution >= 4 is 11.9 Å². The van der Waals surface area contributed by atoms with Crippen LogP contribution in [0, 0.1) is 0 Å². The zero-order chi connectivity index (χ0) is 36.3. The molecule has 0 aromatic heterocycles. The van der Waals surface area contributed by atoms with Gasteiger partial charge >= 0.3 is 11.9 Å². The highest BCUT2D eigenvalue weighted by molar-refractivity contribution is 5.71. The quantitative estimate of drug-likeness (QED) is 0.0510. The smallest absolute Gasteiger partial charge is 0.308 e. The first kappa shape index (κ1) is 43.7. The molecule has 0 radical (unpaired) electrons. The van der Waals surface area contributed by atoms with Gasteiger partial charge in [-0.1, -0.05) is 117 Å². The number of unbranched alkanes of at least 4 members (excludes halogenated alkanes) is 16. The van der Waals surface area contributed by atoms with Gasteiger partial charge in [0.05, 0.1) is 19.8 Å². The fourth-order valence-corrected chi connectivity index (χ4v) is 6.93. The van der Waals surface area contributed by atoms with Gasteiger partial charge in [0.15, 0.2) is 11.7 Å². The van der Waals surface area contributed by atoms with Gasteiger partial charge < -0.3 is 54.7 Å². The Labute approximate surface area is 292 Å². The molecule has 288 valence electrons. The average molecular weight is 707 g/mol. The Bertz CT molecular complexity index is 921. The SMILES string of the molecule is CCCCCCCCCCCC(=O)OC1C(O)C(O)C(CO)OC1(OC(=O)CCCCCCCCCCC)C1(CO)OC(CO)C(O)C1O. The molecule has 2 aliphatic heterocycles. The molecule has 2 saturated heterocycles. The van der Waals surface area contributed by atoms with E-state index in [1.165, 1.54) is 44.9 Å². The number of ether oxygens (including phenoxy) is 4. The molecule has 0 aliphatic carbocycles. The largest absolute Gasteiger partial charge is 0.452 e. The van der Waals surface area contributed by atoms with E-state index in [1.54, 1.807) is 0 Å². The lowest BCUT2D eigenvalue weighted by Crippen LogP contribution is -2.79. The highest BCUT2D eigenvalue weighted by Crippen LogP contribution is 2.49. The maximum Gasteiger partial charge on any atom is 0.308 e. The van der Waals surface area contributed by atoms with E-state index < -0.39 is 85.9 Å². The van der Waals surface area contributed by atoms with Crippen LogP contribution in [-0.2, 0) is 28.5 Å². The number of hydrogen-bond donors (Lipinski definition) is 7. The second kappa shape index (κ2) is 23.2. The van der Waals surface area contributed by atoms with Gasteiger partial charge in [-0.15, -0.1) is 0 Å². The van der Waals surface area contributed by atoms with E-state index in [9.17, 15) is 45.3 Å². The van der Waals surface area contributed by atoms with Crippen molar-refractivity contribution in [3.63, 3.8) is 0 Å². The first-order chi connectivity index (χ1) is 23.6. The summed E-state index contributed by atoms with van der Waals surface area (Å²) in [7, 11) is 0. The molecule has 2 aliphatic rings. The van der Waals surface area contributed by atoms with Crippen LogP contribution in [0.1, 0.15) is 142 Å². The Hall–Kier alpha value is -1.42. The van der Waals surface area contributed by atoms with Crippen molar-refractivity contribution in [1.29, 1.82) is 0 Å². The lowest BCUT2D eigenvalue weighted by Gasteiger charge is -2.55. The summed E-state index contributed by atoms with van der Waals surface area (Å²) in [6.07, 6.45) is 4.65. The van der Waals surface area contributed by atoms with Crippen molar-refractivity contribution in [1.82, 2.24) is 0 Å². The molecule has 13 nitrogen and oxygen atoms in total. The molecule has 7 N–H and O–H groups in total. The highest BCUT2D eigenvalue weighted by Gasteiger charge is 2.76. The van der Waals surface area contributed by atoms with Gasteiger partial charge in [0.2, 0.25) is 0 Å². The molecule has 0 amide bonds. The summed E-state index contributed by atoms with van der Waals surface area (Å²) in [5.74, 6) is -4.58. The number of rotatable bonds is 26. The van der Waals surface area contributed by atoms with E-state index in [1.807, 2.05) is 0 Å². The van der Waals surface area contributed by atoms with Crippen LogP contribution in [0.25, 0.3) is 0 Å². The van der Waals surface area contributed by atoms with E-state index in [0.717, 1.165) is 51.4 Å². The van der Waals surface area contributed by atoms with E-state index in [0.29, 0.717) is 19.3 Å². The topological polar surface area (TPSA) is 213 Å². The first-order valence-corrected chi connectivity index (χ1v) is 18.9. The van der Waals surface area contributed by atoms with E-state index in [2.05, 4.69) is 13.8 Å². The van der Waals surface area contributed by atoms with Gasteiger partial charge in [0.25, 0.3) is 5.79 Å². The number of aliphatic hydroxyl groups is 7. The van der Waals surface area contributed by atoms with Crippen molar-refractivity contribution in [2.75, 3.05) is 19.8 Å². The zero-order valence-corrected chi connectivity index (χ0v) is 29.9. The molecule has 2 fully saturated rings. The number of hydrogen-bond acceptors (Lipinski definition) is 13. The Morgan fingerprint density at radius 1 is 0.571 bits per heavy atom. The molecular formula is C36H66O13. The molecule has 0 bridgehead atoms. The molecular weight excluding hydrogens is 640 g/mol.